The van der Waals surface area contributed by atoms with Crippen LogP contribution < -0.4 is 5.73 Å². The van der Waals surface area contributed by atoms with Crippen molar-refractivity contribution in [3.63, 3.8) is 0 Å². The normalized spacial score (nSPS) is 9.56. The van der Waals surface area contributed by atoms with Crippen molar-refractivity contribution in [1.29, 1.82) is 0 Å². The average Bonchev–Trinajstić information content (AvgIpc) is 1.80. The van der Waals surface area contributed by atoms with Crippen LogP contribution in [0.3, 0.4) is 0 Å². The smallest absolute Gasteiger partial charge is 0.213 e. The highest BCUT2D eigenvalue weighted by Crippen LogP contribution is 2.07. The molecule has 0 atom stereocenters. The van der Waals surface area contributed by atoms with E-state index in [-0.39, 0.29) is 0 Å². The number of hydrogen-bond donors (Lipinski definition) is 1. The van der Waals surface area contributed by atoms with Gasteiger partial charge >= 0.3 is 0 Å². The zero-order chi connectivity index (χ0) is 6.85. The molecule has 2 nitrogen and oxygen atoms in total. The van der Waals surface area contributed by atoms with E-state index in [1.807, 2.05) is 0 Å². The van der Waals surface area contributed by atoms with Gasteiger partial charge in [0.1, 0.15) is 0 Å². The van der Waals surface area contributed by atoms with Gasteiger partial charge in [-0.3, -0.25) is 0 Å². The van der Waals surface area contributed by atoms with Gasteiger partial charge in [-0.1, -0.05) is 0 Å². The first-order chi connectivity index (χ1) is 4.20. The predicted octanol–water partition coefficient (Wildman–Crippen LogP) is 1.11. The molecule has 0 aliphatic carbocycles. The van der Waals surface area contributed by atoms with Crippen LogP contribution in [0.25, 0.3) is 0 Å². The second kappa shape index (κ2) is 2.01. The summed E-state index contributed by atoms with van der Waals surface area (Å²) < 4.78 is 12.2. The van der Waals surface area contributed by atoms with Gasteiger partial charge in [0.25, 0.3) is 0 Å². The molecule has 0 aliphatic rings. The number of rotatable bonds is 0. The molecule has 0 spiro atoms. The van der Waals surface area contributed by atoms with Crippen molar-refractivity contribution in [2.45, 2.75) is 6.92 Å². The molecule has 1 heterocycles. The summed E-state index contributed by atoms with van der Waals surface area (Å²) >= 11 is 0. The Morgan fingerprint density at radius 1 is 1.67 bits per heavy atom. The molecule has 1 aromatic rings. The lowest BCUT2D eigenvalue weighted by molar-refractivity contribution is 0.583. The molecular formula is C6H7FN2. The second-order valence-electron chi connectivity index (χ2n) is 1.86. The molecule has 0 amide bonds. The van der Waals surface area contributed by atoms with Crippen LogP contribution in [0.15, 0.2) is 12.3 Å². The summed E-state index contributed by atoms with van der Waals surface area (Å²) in [6, 6.07) is 1.30. The van der Waals surface area contributed by atoms with E-state index in [0.29, 0.717) is 5.69 Å². The number of nitrogens with zero attached hydrogens (tertiary/aromatic N) is 1. The largest absolute Gasteiger partial charge is 0.397 e. The summed E-state index contributed by atoms with van der Waals surface area (Å²) in [4.78, 5) is 3.35. The fraction of sp³-hybridized carbons (Fsp3) is 0.167. The average molecular weight is 126 g/mol. The van der Waals surface area contributed by atoms with E-state index in [2.05, 4.69) is 4.98 Å². The van der Waals surface area contributed by atoms with Crippen LogP contribution in [-0.4, -0.2) is 4.98 Å². The molecule has 0 saturated heterocycles. The summed E-state index contributed by atoms with van der Waals surface area (Å²) in [6.45, 7) is 1.74. The zero-order valence-electron chi connectivity index (χ0n) is 5.06. The van der Waals surface area contributed by atoms with Crippen LogP contribution in [0, 0.1) is 12.9 Å². The van der Waals surface area contributed by atoms with Gasteiger partial charge in [0.05, 0.1) is 11.9 Å². The van der Waals surface area contributed by atoms with Crippen LogP contribution >= 0.6 is 0 Å². The highest BCUT2D eigenvalue weighted by atomic mass is 19.1. The minimum atomic E-state index is -0.485. The van der Waals surface area contributed by atoms with Crippen LogP contribution in [0.5, 0.6) is 0 Å². The van der Waals surface area contributed by atoms with Gasteiger partial charge in [0.15, 0.2) is 0 Å². The molecule has 48 valence electrons. The molecule has 2 N–H and O–H groups in total. The summed E-state index contributed by atoms with van der Waals surface area (Å²) in [5, 5.41) is 0. The Labute approximate surface area is 52.5 Å². The first-order valence-electron chi connectivity index (χ1n) is 2.58. The van der Waals surface area contributed by atoms with Gasteiger partial charge in [-0.15, -0.1) is 0 Å². The number of aryl methyl sites for hydroxylation is 1. The predicted molar refractivity (Wildman–Crippen MR) is 33.3 cm³/mol. The van der Waals surface area contributed by atoms with Crippen molar-refractivity contribution >= 4 is 5.69 Å². The maximum absolute atomic E-state index is 12.2. The van der Waals surface area contributed by atoms with Crippen LogP contribution in [0.1, 0.15) is 5.56 Å². The quantitative estimate of drug-likeness (QED) is 0.529. The second-order valence-corrected chi connectivity index (χ2v) is 1.86. The van der Waals surface area contributed by atoms with Crippen molar-refractivity contribution in [3.8, 4) is 0 Å². The number of anilines is 1. The number of nitrogen functional groups attached to an aromatic ring is 1. The van der Waals surface area contributed by atoms with Gasteiger partial charge < -0.3 is 5.73 Å². The Bertz CT molecular complexity index is 222. The molecule has 1 rings (SSSR count). The van der Waals surface area contributed by atoms with Gasteiger partial charge in [-0.2, -0.15) is 4.39 Å². The fourth-order valence-electron chi connectivity index (χ4n) is 0.532. The third kappa shape index (κ3) is 1.16. The molecular weight excluding hydrogens is 119 g/mol. The number of hydrogen-bond acceptors (Lipinski definition) is 2. The van der Waals surface area contributed by atoms with E-state index in [9.17, 15) is 4.39 Å². The molecule has 0 aromatic carbocycles. The third-order valence-electron chi connectivity index (χ3n) is 1.12. The van der Waals surface area contributed by atoms with Gasteiger partial charge in [-0.25, -0.2) is 4.98 Å². The third-order valence-corrected chi connectivity index (χ3v) is 1.12. The van der Waals surface area contributed by atoms with Crippen molar-refractivity contribution in [2.24, 2.45) is 0 Å². The van der Waals surface area contributed by atoms with E-state index < -0.39 is 5.95 Å². The minimum absolute atomic E-state index is 0.485. The summed E-state index contributed by atoms with van der Waals surface area (Å²) in [6.07, 6.45) is 1.31. The highest BCUT2D eigenvalue weighted by molar-refractivity contribution is 5.42. The van der Waals surface area contributed by atoms with E-state index in [0.717, 1.165) is 5.56 Å². The molecule has 0 fully saturated rings. The number of aromatic nitrogens is 1. The maximum atomic E-state index is 12.2. The van der Waals surface area contributed by atoms with Gasteiger partial charge in [0.2, 0.25) is 5.95 Å². The summed E-state index contributed by atoms with van der Waals surface area (Å²) in [5.74, 6) is -0.485. The van der Waals surface area contributed by atoms with Crippen molar-refractivity contribution < 1.29 is 4.39 Å². The monoisotopic (exact) mass is 126 g/mol. The molecule has 9 heavy (non-hydrogen) atoms. The first-order valence-corrected chi connectivity index (χ1v) is 2.58. The maximum Gasteiger partial charge on any atom is 0.213 e. The Balaban J connectivity index is 3.17. The Hall–Kier alpha value is -1.12. The number of pyridine rings is 1. The van der Waals surface area contributed by atoms with Crippen LogP contribution in [0.4, 0.5) is 10.1 Å². The van der Waals surface area contributed by atoms with Crippen LogP contribution in [-0.2, 0) is 0 Å². The molecule has 0 aliphatic heterocycles. The fourth-order valence-corrected chi connectivity index (χ4v) is 0.532. The summed E-state index contributed by atoms with van der Waals surface area (Å²) in [7, 11) is 0. The highest BCUT2D eigenvalue weighted by Gasteiger charge is 1.93. The van der Waals surface area contributed by atoms with Crippen LogP contribution in [0.2, 0.25) is 0 Å². The lowest BCUT2D eigenvalue weighted by Gasteiger charge is -1.95. The molecule has 0 unspecified atom stereocenters. The van der Waals surface area contributed by atoms with Crippen molar-refractivity contribution in [1.82, 2.24) is 4.98 Å². The Kier molecular flexibility index (Phi) is 1.34. The van der Waals surface area contributed by atoms with E-state index >= 15 is 0 Å². The topological polar surface area (TPSA) is 38.9 Å². The molecule has 0 bridgehead atoms. The van der Waals surface area contributed by atoms with Gasteiger partial charge in [-0.05, 0) is 18.6 Å². The Morgan fingerprint density at radius 3 is 2.78 bits per heavy atom. The van der Waals surface area contributed by atoms with Gasteiger partial charge in [0, 0.05) is 0 Å². The molecule has 1 aromatic heterocycles. The molecule has 0 saturated carbocycles. The first kappa shape index (κ1) is 6.01. The Morgan fingerprint density at radius 2 is 2.33 bits per heavy atom. The minimum Gasteiger partial charge on any atom is -0.397 e. The lowest BCUT2D eigenvalue weighted by Crippen LogP contribution is -1.92. The van der Waals surface area contributed by atoms with E-state index in [1.54, 1.807) is 6.92 Å². The standard InChI is InChI=1S/C6H7FN2/c1-4-2-6(7)9-3-5(4)8/h2-3H,8H2,1H3. The zero-order valence-corrected chi connectivity index (χ0v) is 5.06. The molecule has 3 heteroatoms. The van der Waals surface area contributed by atoms with Crippen molar-refractivity contribution in [3.05, 3.63) is 23.8 Å². The lowest BCUT2D eigenvalue weighted by atomic mass is 10.3. The number of nitrogens with two attached hydrogens (primary N) is 1. The SMILES string of the molecule is Cc1cc(F)ncc1N. The molecule has 0 radical (unpaired) electrons. The van der Waals surface area contributed by atoms with E-state index in [1.165, 1.54) is 12.3 Å². The van der Waals surface area contributed by atoms with E-state index in [4.69, 9.17) is 5.73 Å². The summed E-state index contributed by atoms with van der Waals surface area (Å²) in [5.41, 5.74) is 6.61. The van der Waals surface area contributed by atoms with Crippen molar-refractivity contribution in [2.75, 3.05) is 5.73 Å². The number of halogens is 1.